The standard InChI is InChI=1S/C17H15F3N4O2/c1-9-8-13(14-10(2)23-24(3)15(14)21-9)16(25)22-11-4-6-12(7-5-11)26-17(18,19)20/h4-8H,1-3H3,(H,22,25). The molecule has 0 saturated carbocycles. The molecule has 2 heterocycles. The molecule has 1 N–H and O–H groups in total. The molecule has 0 bridgehead atoms. The molecule has 0 saturated heterocycles. The third-order valence-corrected chi connectivity index (χ3v) is 3.69. The van der Waals surface area contributed by atoms with Crippen LogP contribution in [0, 0.1) is 13.8 Å². The Morgan fingerprint density at radius 1 is 1.19 bits per heavy atom. The van der Waals surface area contributed by atoms with Crippen LogP contribution in [-0.2, 0) is 7.05 Å². The molecule has 26 heavy (non-hydrogen) atoms. The summed E-state index contributed by atoms with van der Waals surface area (Å²) in [5.41, 5.74) is 2.64. The summed E-state index contributed by atoms with van der Waals surface area (Å²) in [7, 11) is 1.74. The normalized spacial score (nSPS) is 11.6. The Bertz CT molecular complexity index is 978. The second kappa shape index (κ2) is 6.32. The molecule has 0 radical (unpaired) electrons. The first-order valence-corrected chi connectivity index (χ1v) is 7.62. The lowest BCUT2D eigenvalue weighted by molar-refractivity contribution is -0.274. The zero-order chi connectivity index (χ0) is 19.1. The molecule has 0 atom stereocenters. The van der Waals surface area contributed by atoms with Crippen molar-refractivity contribution in [1.82, 2.24) is 14.8 Å². The first kappa shape index (κ1) is 17.7. The number of aryl methyl sites for hydroxylation is 3. The van der Waals surface area contributed by atoms with Crippen LogP contribution in [0.2, 0.25) is 0 Å². The Kier molecular flexibility index (Phi) is 4.31. The van der Waals surface area contributed by atoms with Gasteiger partial charge < -0.3 is 10.1 Å². The number of carbonyl (C=O) groups is 1. The molecule has 136 valence electrons. The second-order valence-corrected chi connectivity index (χ2v) is 5.75. The monoisotopic (exact) mass is 364 g/mol. The maximum absolute atomic E-state index is 12.7. The Balaban J connectivity index is 1.88. The molecule has 3 aromatic rings. The summed E-state index contributed by atoms with van der Waals surface area (Å²) in [4.78, 5) is 17.1. The Labute approximate surface area is 146 Å². The molecule has 6 nitrogen and oxygen atoms in total. The zero-order valence-electron chi connectivity index (χ0n) is 14.2. The maximum atomic E-state index is 12.7. The van der Waals surface area contributed by atoms with Gasteiger partial charge in [0, 0.05) is 18.4 Å². The highest BCUT2D eigenvalue weighted by atomic mass is 19.4. The third kappa shape index (κ3) is 3.61. The van der Waals surface area contributed by atoms with Crippen LogP contribution in [-0.4, -0.2) is 27.0 Å². The van der Waals surface area contributed by atoms with Crippen molar-refractivity contribution < 1.29 is 22.7 Å². The minimum Gasteiger partial charge on any atom is -0.406 e. The molecule has 0 fully saturated rings. The van der Waals surface area contributed by atoms with Crippen LogP contribution in [0.5, 0.6) is 5.75 Å². The summed E-state index contributed by atoms with van der Waals surface area (Å²) in [6.07, 6.45) is -4.76. The van der Waals surface area contributed by atoms with Gasteiger partial charge in [-0.3, -0.25) is 9.48 Å². The van der Waals surface area contributed by atoms with Crippen molar-refractivity contribution in [3.05, 3.63) is 47.3 Å². The van der Waals surface area contributed by atoms with Gasteiger partial charge in [-0.1, -0.05) is 0 Å². The molecule has 3 rings (SSSR count). The topological polar surface area (TPSA) is 69.0 Å². The van der Waals surface area contributed by atoms with Crippen molar-refractivity contribution in [3.8, 4) is 5.75 Å². The summed E-state index contributed by atoms with van der Waals surface area (Å²) >= 11 is 0. The molecule has 0 spiro atoms. The van der Waals surface area contributed by atoms with Crippen molar-refractivity contribution in [2.24, 2.45) is 7.05 Å². The highest BCUT2D eigenvalue weighted by Crippen LogP contribution is 2.25. The number of rotatable bonds is 3. The minimum absolute atomic E-state index is 0.341. The lowest BCUT2D eigenvalue weighted by Gasteiger charge is -2.10. The lowest BCUT2D eigenvalue weighted by atomic mass is 10.1. The third-order valence-electron chi connectivity index (χ3n) is 3.69. The molecule has 0 aliphatic rings. The molecule has 0 unspecified atom stereocenters. The molecular weight excluding hydrogens is 349 g/mol. The number of hydrogen-bond acceptors (Lipinski definition) is 4. The first-order valence-electron chi connectivity index (χ1n) is 7.62. The number of benzene rings is 1. The van der Waals surface area contributed by atoms with Crippen molar-refractivity contribution in [2.45, 2.75) is 20.2 Å². The Morgan fingerprint density at radius 2 is 1.85 bits per heavy atom. The largest absolute Gasteiger partial charge is 0.573 e. The van der Waals surface area contributed by atoms with Gasteiger partial charge >= 0.3 is 6.36 Å². The predicted molar refractivity (Wildman–Crippen MR) is 89.1 cm³/mol. The quantitative estimate of drug-likeness (QED) is 0.769. The number of alkyl halides is 3. The number of hydrogen-bond donors (Lipinski definition) is 1. The molecule has 1 amide bonds. The van der Waals surface area contributed by atoms with E-state index in [-0.39, 0.29) is 5.75 Å². The van der Waals surface area contributed by atoms with Gasteiger partial charge in [-0.15, -0.1) is 13.2 Å². The maximum Gasteiger partial charge on any atom is 0.573 e. The number of nitrogens with one attached hydrogen (secondary N) is 1. The minimum atomic E-state index is -4.76. The van der Waals surface area contributed by atoms with Crippen LogP contribution >= 0.6 is 0 Å². The summed E-state index contributed by atoms with van der Waals surface area (Å²) < 4.78 is 42.0. The fourth-order valence-electron chi connectivity index (χ4n) is 2.69. The fourth-order valence-corrected chi connectivity index (χ4v) is 2.69. The van der Waals surface area contributed by atoms with Crippen LogP contribution in [0.4, 0.5) is 18.9 Å². The first-order chi connectivity index (χ1) is 12.1. The highest BCUT2D eigenvalue weighted by molar-refractivity contribution is 6.12. The number of anilines is 1. The fraction of sp³-hybridized carbons (Fsp3) is 0.235. The number of halogens is 3. The highest BCUT2D eigenvalue weighted by Gasteiger charge is 2.31. The van der Waals surface area contributed by atoms with Gasteiger partial charge in [0.25, 0.3) is 5.91 Å². The number of aromatic nitrogens is 3. The van der Waals surface area contributed by atoms with Gasteiger partial charge in [0.15, 0.2) is 5.65 Å². The zero-order valence-corrected chi connectivity index (χ0v) is 14.2. The summed E-state index contributed by atoms with van der Waals surface area (Å²) in [5, 5.41) is 7.57. The predicted octanol–water partition coefficient (Wildman–Crippen LogP) is 3.74. The molecular formula is C17H15F3N4O2. The Morgan fingerprint density at radius 3 is 2.46 bits per heavy atom. The number of carbonyl (C=O) groups excluding carboxylic acids is 1. The van der Waals surface area contributed by atoms with E-state index in [4.69, 9.17) is 0 Å². The van der Waals surface area contributed by atoms with Gasteiger partial charge in [-0.05, 0) is 44.2 Å². The molecule has 0 aliphatic carbocycles. The SMILES string of the molecule is Cc1cc(C(=O)Nc2ccc(OC(F)(F)F)cc2)c2c(C)nn(C)c2n1. The number of fused-ring (bicyclic) bond motifs is 1. The molecule has 2 aromatic heterocycles. The number of nitrogens with zero attached hydrogens (tertiary/aromatic N) is 3. The van der Waals surface area contributed by atoms with Crippen LogP contribution in [0.3, 0.4) is 0 Å². The van der Waals surface area contributed by atoms with Gasteiger partial charge in [0.2, 0.25) is 0 Å². The van der Waals surface area contributed by atoms with E-state index >= 15 is 0 Å². The van der Waals surface area contributed by atoms with E-state index in [0.717, 1.165) is 12.1 Å². The average molecular weight is 364 g/mol. The molecule has 9 heteroatoms. The van der Waals surface area contributed by atoms with Crippen molar-refractivity contribution >= 4 is 22.6 Å². The van der Waals surface area contributed by atoms with E-state index < -0.39 is 12.3 Å². The average Bonchev–Trinajstić information content (AvgIpc) is 2.81. The van der Waals surface area contributed by atoms with E-state index in [1.54, 1.807) is 31.6 Å². The van der Waals surface area contributed by atoms with Crippen molar-refractivity contribution in [3.63, 3.8) is 0 Å². The van der Waals surface area contributed by atoms with Crippen LogP contribution in [0.15, 0.2) is 30.3 Å². The lowest BCUT2D eigenvalue weighted by Crippen LogP contribution is -2.17. The van der Waals surface area contributed by atoms with Gasteiger partial charge in [-0.2, -0.15) is 5.10 Å². The van der Waals surface area contributed by atoms with Crippen molar-refractivity contribution in [1.29, 1.82) is 0 Å². The van der Waals surface area contributed by atoms with Gasteiger partial charge in [0.05, 0.1) is 16.6 Å². The van der Waals surface area contributed by atoms with Crippen LogP contribution in [0.1, 0.15) is 21.7 Å². The van der Waals surface area contributed by atoms with Crippen LogP contribution < -0.4 is 10.1 Å². The number of ether oxygens (including phenoxy) is 1. The van der Waals surface area contributed by atoms with E-state index in [2.05, 4.69) is 20.1 Å². The van der Waals surface area contributed by atoms with E-state index in [1.165, 1.54) is 12.1 Å². The molecule has 1 aromatic carbocycles. The van der Waals surface area contributed by atoms with Crippen LogP contribution in [0.25, 0.3) is 11.0 Å². The van der Waals surface area contributed by atoms with E-state index in [1.807, 2.05) is 0 Å². The van der Waals surface area contributed by atoms with E-state index in [0.29, 0.717) is 33.7 Å². The van der Waals surface area contributed by atoms with Gasteiger partial charge in [0.1, 0.15) is 5.75 Å². The second-order valence-electron chi connectivity index (χ2n) is 5.75. The Hall–Kier alpha value is -3.10. The number of pyridine rings is 1. The summed E-state index contributed by atoms with van der Waals surface area (Å²) in [5.74, 6) is -0.762. The smallest absolute Gasteiger partial charge is 0.406 e. The van der Waals surface area contributed by atoms with E-state index in [9.17, 15) is 18.0 Å². The number of amides is 1. The van der Waals surface area contributed by atoms with Gasteiger partial charge in [-0.25, -0.2) is 4.98 Å². The molecule has 0 aliphatic heterocycles. The van der Waals surface area contributed by atoms with Crippen molar-refractivity contribution in [2.75, 3.05) is 5.32 Å². The summed E-state index contributed by atoms with van der Waals surface area (Å²) in [6, 6.07) is 6.58. The summed E-state index contributed by atoms with van der Waals surface area (Å²) in [6.45, 7) is 3.54.